The van der Waals surface area contributed by atoms with Gasteiger partial charge in [-0.1, -0.05) is 44.2 Å². The van der Waals surface area contributed by atoms with Gasteiger partial charge in [-0.3, -0.25) is 0 Å². The molecule has 1 N–H and O–H groups in total. The summed E-state index contributed by atoms with van der Waals surface area (Å²) in [5.41, 5.74) is 1.39. The summed E-state index contributed by atoms with van der Waals surface area (Å²) in [6.45, 7) is 9.38. The quantitative estimate of drug-likeness (QED) is 0.655. The third-order valence-electron chi connectivity index (χ3n) is 3.93. The third-order valence-corrected chi connectivity index (χ3v) is 3.93. The smallest absolute Gasteiger partial charge is 0.134 e. The van der Waals surface area contributed by atoms with Crippen molar-refractivity contribution in [3.63, 3.8) is 0 Å². The maximum Gasteiger partial charge on any atom is 0.134 e. The average molecular weight is 326 g/mol. The molecule has 0 saturated heterocycles. The van der Waals surface area contributed by atoms with Crippen molar-refractivity contribution >= 4 is 11.6 Å². The zero-order chi connectivity index (χ0) is 17.2. The first-order valence-corrected chi connectivity index (χ1v) is 9.11. The largest absolute Gasteiger partial charge is 0.370 e. The van der Waals surface area contributed by atoms with E-state index in [4.69, 9.17) is 0 Å². The van der Waals surface area contributed by atoms with Crippen LogP contribution in [0.4, 0.5) is 11.6 Å². The highest BCUT2D eigenvalue weighted by atomic mass is 15.2. The Bertz CT molecular complexity index is 592. The fraction of sp³-hybridized carbons (Fsp3) is 0.500. The maximum absolute atomic E-state index is 4.62. The standard InChI is InChI=1S/C20H30N4/c1-4-14-24(15-5-2)20-16-19(22-17(3)23-20)21-13-9-12-18-10-7-6-8-11-18/h6-8,10-11,16H,4-5,9,12-15H2,1-3H3,(H,21,22,23). The first-order valence-electron chi connectivity index (χ1n) is 9.11. The number of anilines is 2. The Morgan fingerprint density at radius 2 is 1.71 bits per heavy atom. The van der Waals surface area contributed by atoms with Crippen molar-refractivity contribution in [3.05, 3.63) is 47.8 Å². The van der Waals surface area contributed by atoms with Crippen LogP contribution in [0, 0.1) is 6.92 Å². The molecule has 130 valence electrons. The lowest BCUT2D eigenvalue weighted by Gasteiger charge is -2.23. The van der Waals surface area contributed by atoms with Crippen molar-refractivity contribution in [2.75, 3.05) is 29.9 Å². The highest BCUT2D eigenvalue weighted by Crippen LogP contribution is 2.17. The first-order chi connectivity index (χ1) is 11.7. The molecule has 0 fully saturated rings. The number of aryl methyl sites for hydroxylation is 2. The highest BCUT2D eigenvalue weighted by molar-refractivity contribution is 5.49. The van der Waals surface area contributed by atoms with Crippen molar-refractivity contribution in [1.29, 1.82) is 0 Å². The summed E-state index contributed by atoms with van der Waals surface area (Å²) in [5.74, 6) is 2.80. The Hall–Kier alpha value is -2.10. The second-order valence-corrected chi connectivity index (χ2v) is 6.16. The van der Waals surface area contributed by atoms with Crippen LogP contribution in [0.15, 0.2) is 36.4 Å². The van der Waals surface area contributed by atoms with Gasteiger partial charge in [0.25, 0.3) is 0 Å². The molecule has 4 nitrogen and oxygen atoms in total. The topological polar surface area (TPSA) is 41.0 Å². The van der Waals surface area contributed by atoms with Crippen LogP contribution in [0.3, 0.4) is 0 Å². The van der Waals surface area contributed by atoms with Crippen LogP contribution in [0.1, 0.15) is 44.5 Å². The van der Waals surface area contributed by atoms with E-state index >= 15 is 0 Å². The summed E-state index contributed by atoms with van der Waals surface area (Å²) in [6.07, 6.45) is 4.43. The van der Waals surface area contributed by atoms with Gasteiger partial charge in [0.2, 0.25) is 0 Å². The normalized spacial score (nSPS) is 10.6. The minimum atomic E-state index is 0.829. The molecule has 0 unspecified atom stereocenters. The minimum absolute atomic E-state index is 0.829. The van der Waals surface area contributed by atoms with E-state index in [-0.39, 0.29) is 0 Å². The molecule has 0 saturated carbocycles. The van der Waals surface area contributed by atoms with Crippen LogP contribution in [0.25, 0.3) is 0 Å². The van der Waals surface area contributed by atoms with Gasteiger partial charge in [0, 0.05) is 25.7 Å². The van der Waals surface area contributed by atoms with Gasteiger partial charge in [-0.05, 0) is 38.2 Å². The molecule has 0 atom stereocenters. The molecule has 1 heterocycles. The number of aromatic nitrogens is 2. The van der Waals surface area contributed by atoms with Crippen molar-refractivity contribution in [2.45, 2.75) is 46.5 Å². The SMILES string of the molecule is CCCN(CCC)c1cc(NCCCc2ccccc2)nc(C)n1. The molecule has 0 radical (unpaired) electrons. The molecule has 0 spiro atoms. The predicted molar refractivity (Wildman–Crippen MR) is 103 cm³/mol. The van der Waals surface area contributed by atoms with Gasteiger partial charge >= 0.3 is 0 Å². The van der Waals surface area contributed by atoms with E-state index in [0.29, 0.717) is 0 Å². The van der Waals surface area contributed by atoms with Crippen molar-refractivity contribution in [3.8, 4) is 0 Å². The molecule has 4 heteroatoms. The molecule has 0 aliphatic rings. The van der Waals surface area contributed by atoms with Crippen LogP contribution in [0.2, 0.25) is 0 Å². The number of rotatable bonds is 10. The molecular formula is C20H30N4. The summed E-state index contributed by atoms with van der Waals surface area (Å²) < 4.78 is 0. The second kappa shape index (κ2) is 9.91. The molecule has 24 heavy (non-hydrogen) atoms. The molecule has 0 bridgehead atoms. The minimum Gasteiger partial charge on any atom is -0.370 e. The predicted octanol–water partition coefficient (Wildman–Crippen LogP) is 4.46. The summed E-state index contributed by atoms with van der Waals surface area (Å²) in [5, 5.41) is 3.46. The fourth-order valence-corrected chi connectivity index (χ4v) is 2.84. The highest BCUT2D eigenvalue weighted by Gasteiger charge is 2.09. The van der Waals surface area contributed by atoms with Crippen molar-refractivity contribution in [1.82, 2.24) is 9.97 Å². The van der Waals surface area contributed by atoms with Crippen molar-refractivity contribution < 1.29 is 0 Å². The van der Waals surface area contributed by atoms with Crippen LogP contribution < -0.4 is 10.2 Å². The Balaban J connectivity index is 1.92. The van der Waals surface area contributed by atoms with Gasteiger partial charge in [0.05, 0.1) is 0 Å². The van der Waals surface area contributed by atoms with E-state index in [1.807, 2.05) is 6.92 Å². The summed E-state index contributed by atoms with van der Waals surface area (Å²) >= 11 is 0. The van der Waals surface area contributed by atoms with Crippen LogP contribution in [0.5, 0.6) is 0 Å². The van der Waals surface area contributed by atoms with E-state index in [1.165, 1.54) is 5.56 Å². The molecule has 1 aromatic carbocycles. The average Bonchev–Trinajstić information content (AvgIpc) is 2.59. The molecule has 0 aliphatic carbocycles. The Morgan fingerprint density at radius 3 is 2.38 bits per heavy atom. The van der Waals surface area contributed by atoms with Gasteiger partial charge in [-0.25, -0.2) is 9.97 Å². The maximum atomic E-state index is 4.62. The van der Waals surface area contributed by atoms with E-state index in [1.54, 1.807) is 0 Å². The van der Waals surface area contributed by atoms with E-state index in [0.717, 1.165) is 62.8 Å². The Kier molecular flexibility index (Phi) is 7.53. The number of nitrogens with one attached hydrogen (secondary N) is 1. The number of nitrogens with zero attached hydrogens (tertiary/aromatic N) is 3. The molecular weight excluding hydrogens is 296 g/mol. The van der Waals surface area contributed by atoms with Gasteiger partial charge < -0.3 is 10.2 Å². The van der Waals surface area contributed by atoms with Crippen LogP contribution in [-0.2, 0) is 6.42 Å². The lowest BCUT2D eigenvalue weighted by atomic mass is 10.1. The van der Waals surface area contributed by atoms with Gasteiger partial charge in [-0.2, -0.15) is 0 Å². The molecule has 0 amide bonds. The summed E-state index contributed by atoms with van der Waals surface area (Å²) in [6, 6.07) is 12.7. The lowest BCUT2D eigenvalue weighted by Crippen LogP contribution is -2.26. The summed E-state index contributed by atoms with van der Waals surface area (Å²) in [4.78, 5) is 11.5. The number of hydrogen-bond acceptors (Lipinski definition) is 4. The second-order valence-electron chi connectivity index (χ2n) is 6.16. The zero-order valence-electron chi connectivity index (χ0n) is 15.3. The Morgan fingerprint density at radius 1 is 1.00 bits per heavy atom. The van der Waals surface area contributed by atoms with Gasteiger partial charge in [0.1, 0.15) is 17.5 Å². The molecule has 0 aliphatic heterocycles. The number of hydrogen-bond donors (Lipinski definition) is 1. The van der Waals surface area contributed by atoms with Crippen LogP contribution in [-0.4, -0.2) is 29.6 Å². The molecule has 2 aromatic rings. The van der Waals surface area contributed by atoms with E-state index < -0.39 is 0 Å². The fourth-order valence-electron chi connectivity index (χ4n) is 2.84. The first kappa shape index (κ1) is 18.2. The van der Waals surface area contributed by atoms with E-state index in [9.17, 15) is 0 Å². The third kappa shape index (κ3) is 5.84. The van der Waals surface area contributed by atoms with Gasteiger partial charge in [0.15, 0.2) is 0 Å². The zero-order valence-corrected chi connectivity index (χ0v) is 15.3. The van der Waals surface area contributed by atoms with Crippen molar-refractivity contribution in [2.24, 2.45) is 0 Å². The van der Waals surface area contributed by atoms with E-state index in [2.05, 4.69) is 70.4 Å². The lowest BCUT2D eigenvalue weighted by molar-refractivity contribution is 0.730. The molecule has 2 rings (SSSR count). The summed E-state index contributed by atoms with van der Waals surface area (Å²) in [7, 11) is 0. The molecule has 1 aromatic heterocycles. The Labute approximate surface area is 146 Å². The number of benzene rings is 1. The van der Waals surface area contributed by atoms with Crippen LogP contribution >= 0.6 is 0 Å². The van der Waals surface area contributed by atoms with Gasteiger partial charge in [-0.15, -0.1) is 0 Å². The monoisotopic (exact) mass is 326 g/mol.